The van der Waals surface area contributed by atoms with Gasteiger partial charge in [-0.25, -0.2) is 0 Å². The number of hydrogen-bond donors (Lipinski definition) is 0. The molecular formula is C35H36O3. The second-order valence-electron chi connectivity index (χ2n) is 10.3. The van der Waals surface area contributed by atoms with Crippen LogP contribution < -0.4 is 4.74 Å². The highest BCUT2D eigenvalue weighted by Crippen LogP contribution is 2.39. The molecule has 38 heavy (non-hydrogen) atoms. The van der Waals surface area contributed by atoms with E-state index >= 15 is 0 Å². The highest BCUT2D eigenvalue weighted by Gasteiger charge is 2.17. The van der Waals surface area contributed by atoms with E-state index in [1.807, 2.05) is 33.8 Å². The number of benzene rings is 5. The Hall–Kier alpha value is -3.98. The standard InChI is InChI=1S/C31H24O3.2C2H6/c1-31(2,3)21-7-5-17-13-27-23(11-19(17)9-21)25-15-30-26(16-29(25)33-27)24-12-20-10-22(32-4)8-6-18(20)14-28(24)34-30;2*1-2/h5-16H,1-4H3;2*1-2H3. The quantitative estimate of drug-likeness (QED) is 0.223. The first kappa shape index (κ1) is 25.7. The van der Waals surface area contributed by atoms with Crippen molar-refractivity contribution in [1.29, 1.82) is 0 Å². The second kappa shape index (κ2) is 9.72. The van der Waals surface area contributed by atoms with E-state index < -0.39 is 0 Å². The van der Waals surface area contributed by atoms with Crippen molar-refractivity contribution in [2.24, 2.45) is 0 Å². The maximum Gasteiger partial charge on any atom is 0.136 e. The molecule has 5 aromatic carbocycles. The Bertz CT molecular complexity index is 1930. The molecule has 0 unspecified atom stereocenters. The Morgan fingerprint density at radius 1 is 0.500 bits per heavy atom. The van der Waals surface area contributed by atoms with Crippen molar-refractivity contribution in [2.45, 2.75) is 53.9 Å². The summed E-state index contributed by atoms with van der Waals surface area (Å²) in [5.41, 5.74) is 4.96. The van der Waals surface area contributed by atoms with Crippen LogP contribution in [0.1, 0.15) is 54.0 Å². The van der Waals surface area contributed by atoms with E-state index in [1.165, 1.54) is 16.3 Å². The normalized spacial score (nSPS) is 11.7. The highest BCUT2D eigenvalue weighted by atomic mass is 16.5. The molecule has 0 amide bonds. The molecule has 0 saturated heterocycles. The van der Waals surface area contributed by atoms with Crippen molar-refractivity contribution in [3.8, 4) is 5.75 Å². The number of furan rings is 2. The average Bonchev–Trinajstić information content (AvgIpc) is 3.46. The van der Waals surface area contributed by atoms with Crippen LogP contribution in [0.15, 0.2) is 81.6 Å². The van der Waals surface area contributed by atoms with E-state index in [2.05, 4.69) is 87.5 Å². The van der Waals surface area contributed by atoms with Gasteiger partial charge in [-0.15, -0.1) is 0 Å². The summed E-state index contributed by atoms with van der Waals surface area (Å²) in [5, 5.41) is 9.01. The molecule has 0 atom stereocenters. The first-order valence-electron chi connectivity index (χ1n) is 13.6. The minimum atomic E-state index is 0.107. The molecule has 0 aliphatic carbocycles. The van der Waals surface area contributed by atoms with Crippen molar-refractivity contribution >= 4 is 65.4 Å². The molecule has 7 aromatic rings. The Morgan fingerprint density at radius 3 is 1.45 bits per heavy atom. The Labute approximate surface area is 224 Å². The van der Waals surface area contributed by atoms with Crippen molar-refractivity contribution in [3.63, 3.8) is 0 Å². The molecule has 0 bridgehead atoms. The van der Waals surface area contributed by atoms with Crippen molar-refractivity contribution in [1.82, 2.24) is 0 Å². The molecule has 0 spiro atoms. The van der Waals surface area contributed by atoms with Gasteiger partial charge in [0.05, 0.1) is 7.11 Å². The lowest BCUT2D eigenvalue weighted by Gasteiger charge is -2.19. The van der Waals surface area contributed by atoms with E-state index in [0.29, 0.717) is 0 Å². The fraction of sp³-hybridized carbons (Fsp3) is 0.257. The molecular weight excluding hydrogens is 468 g/mol. The Kier molecular flexibility index (Phi) is 6.56. The van der Waals surface area contributed by atoms with E-state index in [1.54, 1.807) is 7.11 Å². The highest BCUT2D eigenvalue weighted by molar-refractivity contribution is 6.18. The summed E-state index contributed by atoms with van der Waals surface area (Å²) in [6, 6.07) is 25.7. The zero-order valence-electron chi connectivity index (χ0n) is 23.7. The third kappa shape index (κ3) is 4.16. The molecule has 2 aromatic heterocycles. The Morgan fingerprint density at radius 2 is 0.947 bits per heavy atom. The topological polar surface area (TPSA) is 35.5 Å². The minimum absolute atomic E-state index is 0.107. The number of ether oxygens (including phenoxy) is 1. The molecule has 3 nitrogen and oxygen atoms in total. The van der Waals surface area contributed by atoms with Gasteiger partial charge in [0.1, 0.15) is 28.1 Å². The van der Waals surface area contributed by atoms with Crippen molar-refractivity contribution < 1.29 is 13.6 Å². The summed E-state index contributed by atoms with van der Waals surface area (Å²) < 4.78 is 18.1. The zero-order chi connectivity index (χ0) is 27.2. The summed E-state index contributed by atoms with van der Waals surface area (Å²) in [6.07, 6.45) is 0. The first-order chi connectivity index (χ1) is 18.4. The second-order valence-corrected chi connectivity index (χ2v) is 10.3. The van der Waals surface area contributed by atoms with Gasteiger partial charge in [-0.3, -0.25) is 0 Å². The summed E-state index contributed by atoms with van der Waals surface area (Å²) in [6.45, 7) is 14.7. The molecule has 0 N–H and O–H groups in total. The molecule has 0 aliphatic rings. The van der Waals surface area contributed by atoms with Crippen LogP contribution in [0.25, 0.3) is 65.4 Å². The van der Waals surface area contributed by atoms with Crippen LogP contribution in [-0.4, -0.2) is 7.11 Å². The van der Waals surface area contributed by atoms with Crippen molar-refractivity contribution in [3.05, 3.63) is 78.4 Å². The molecule has 2 heterocycles. The lowest BCUT2D eigenvalue weighted by Crippen LogP contribution is -2.10. The number of methoxy groups -OCH3 is 1. The number of hydrogen-bond acceptors (Lipinski definition) is 3. The maximum absolute atomic E-state index is 6.35. The molecule has 0 aliphatic heterocycles. The third-order valence-electron chi connectivity index (χ3n) is 7.05. The van der Waals surface area contributed by atoms with Gasteiger partial charge in [0, 0.05) is 21.5 Å². The van der Waals surface area contributed by atoms with E-state index in [4.69, 9.17) is 13.6 Å². The third-order valence-corrected chi connectivity index (χ3v) is 7.05. The van der Waals surface area contributed by atoms with Crippen LogP contribution >= 0.6 is 0 Å². The van der Waals surface area contributed by atoms with Gasteiger partial charge < -0.3 is 13.6 Å². The van der Waals surface area contributed by atoms with Crippen LogP contribution in [0.5, 0.6) is 5.75 Å². The average molecular weight is 505 g/mol. The minimum Gasteiger partial charge on any atom is -0.497 e. The fourth-order valence-electron chi connectivity index (χ4n) is 5.10. The van der Waals surface area contributed by atoms with E-state index in [-0.39, 0.29) is 5.41 Å². The van der Waals surface area contributed by atoms with E-state index in [9.17, 15) is 0 Å². The number of rotatable bonds is 1. The van der Waals surface area contributed by atoms with Crippen molar-refractivity contribution in [2.75, 3.05) is 7.11 Å². The summed E-state index contributed by atoms with van der Waals surface area (Å²) >= 11 is 0. The molecule has 194 valence electrons. The van der Waals surface area contributed by atoms with Gasteiger partial charge in [-0.2, -0.15) is 0 Å². The van der Waals surface area contributed by atoms with Gasteiger partial charge in [-0.05, 0) is 81.1 Å². The first-order valence-corrected chi connectivity index (χ1v) is 13.6. The summed E-state index contributed by atoms with van der Waals surface area (Å²) in [7, 11) is 1.69. The molecule has 0 fully saturated rings. The molecule has 7 rings (SSSR count). The largest absolute Gasteiger partial charge is 0.497 e. The van der Waals surface area contributed by atoms with Crippen LogP contribution in [0, 0.1) is 0 Å². The zero-order valence-corrected chi connectivity index (χ0v) is 23.7. The maximum atomic E-state index is 6.35. The summed E-state index contributed by atoms with van der Waals surface area (Å²) in [4.78, 5) is 0. The molecule has 0 radical (unpaired) electrons. The summed E-state index contributed by atoms with van der Waals surface area (Å²) in [5.74, 6) is 0.848. The lowest BCUT2D eigenvalue weighted by molar-refractivity contribution is 0.415. The van der Waals surface area contributed by atoms with Gasteiger partial charge in [0.15, 0.2) is 0 Å². The predicted octanol–water partition coefficient (Wildman–Crippen LogP) is 11.2. The monoisotopic (exact) mass is 504 g/mol. The Balaban J connectivity index is 0.000000704. The smallest absolute Gasteiger partial charge is 0.136 e. The lowest BCUT2D eigenvalue weighted by atomic mass is 9.86. The van der Waals surface area contributed by atoms with Crippen LogP contribution in [0.3, 0.4) is 0 Å². The van der Waals surface area contributed by atoms with Gasteiger partial charge in [0.2, 0.25) is 0 Å². The van der Waals surface area contributed by atoms with Crippen LogP contribution in [0.4, 0.5) is 0 Å². The molecule has 0 saturated carbocycles. The van der Waals surface area contributed by atoms with Crippen LogP contribution in [-0.2, 0) is 5.41 Å². The molecule has 3 heteroatoms. The SMILES string of the molecule is CC.CC.COc1ccc2cc3oc4cc5c(cc4c3cc2c1)oc1cc2ccc(C(C)(C)C)cc2cc15. The van der Waals surface area contributed by atoms with Gasteiger partial charge in [-0.1, -0.05) is 72.7 Å². The fourth-order valence-corrected chi connectivity index (χ4v) is 5.10. The predicted molar refractivity (Wildman–Crippen MR) is 164 cm³/mol. The van der Waals surface area contributed by atoms with Gasteiger partial charge >= 0.3 is 0 Å². The van der Waals surface area contributed by atoms with E-state index in [0.717, 1.165) is 60.4 Å². The van der Waals surface area contributed by atoms with Crippen LogP contribution in [0.2, 0.25) is 0 Å². The van der Waals surface area contributed by atoms with Gasteiger partial charge in [0.25, 0.3) is 0 Å². The number of fused-ring (bicyclic) bond motifs is 8.